The Balaban J connectivity index is 1.38. The maximum Gasteiger partial charge on any atom is 0.419 e. The summed E-state index contributed by atoms with van der Waals surface area (Å²) in [6.07, 6.45) is 1.53. The number of halogens is 4. The number of hydrogen-bond acceptors (Lipinski definition) is 6. The quantitative estimate of drug-likeness (QED) is 0.519. The molecule has 8 nitrogen and oxygen atoms in total. The number of benzene rings is 1. The Morgan fingerprint density at radius 2 is 1.82 bits per heavy atom. The number of rotatable bonds is 7. The summed E-state index contributed by atoms with van der Waals surface area (Å²) < 4.78 is 44.8. The Labute approximate surface area is 196 Å². The molecule has 0 bridgehead atoms. The van der Waals surface area contributed by atoms with E-state index in [2.05, 4.69) is 25.6 Å². The van der Waals surface area contributed by atoms with Crippen LogP contribution >= 0.6 is 11.6 Å². The van der Waals surface area contributed by atoms with E-state index >= 15 is 0 Å². The number of hydrogen-bond donors (Lipinski definition) is 2. The predicted molar refractivity (Wildman–Crippen MR) is 114 cm³/mol. The van der Waals surface area contributed by atoms with Gasteiger partial charge in [0, 0.05) is 18.5 Å². The number of nitrogens with zero attached hydrogens (tertiary/aromatic N) is 3. The highest BCUT2D eigenvalue weighted by atomic mass is 35.5. The minimum absolute atomic E-state index is 0.00721. The molecule has 3 aromatic rings. The maximum atomic E-state index is 13.2. The van der Waals surface area contributed by atoms with Crippen molar-refractivity contribution in [2.45, 2.75) is 31.1 Å². The van der Waals surface area contributed by atoms with Gasteiger partial charge in [0.2, 0.25) is 5.91 Å². The zero-order chi connectivity index (χ0) is 24.3. The predicted octanol–water partition coefficient (Wildman–Crippen LogP) is 3.91. The van der Waals surface area contributed by atoms with E-state index in [0.717, 1.165) is 6.07 Å². The molecule has 0 unspecified atom stereocenters. The van der Waals surface area contributed by atoms with Crippen molar-refractivity contribution >= 4 is 23.4 Å². The van der Waals surface area contributed by atoms with Gasteiger partial charge >= 0.3 is 6.18 Å². The summed E-state index contributed by atoms with van der Waals surface area (Å²) in [5.41, 5.74) is -1.45. The van der Waals surface area contributed by atoms with Crippen LogP contribution in [-0.4, -0.2) is 32.3 Å². The van der Waals surface area contributed by atoms with Crippen molar-refractivity contribution in [2.24, 2.45) is 0 Å². The molecule has 0 atom stereocenters. The number of ether oxygens (including phenoxy) is 1. The minimum atomic E-state index is -4.58. The van der Waals surface area contributed by atoms with Crippen molar-refractivity contribution in [1.82, 2.24) is 25.6 Å². The van der Waals surface area contributed by atoms with Crippen LogP contribution in [0.4, 0.5) is 13.2 Å². The first kappa shape index (κ1) is 23.4. The lowest BCUT2D eigenvalue weighted by molar-refractivity contribution is -0.138. The molecule has 2 heterocycles. The van der Waals surface area contributed by atoms with Gasteiger partial charge in [-0.15, -0.1) is 0 Å². The van der Waals surface area contributed by atoms with Crippen LogP contribution in [-0.2, 0) is 17.5 Å². The SMILES string of the molecule is O=C(NC1(C(=O)NCc2ncc(Oc3ccccc3C(F)(F)F)cc2Cl)CC1)c1cncnc1. The Hall–Kier alpha value is -3.73. The van der Waals surface area contributed by atoms with E-state index in [4.69, 9.17) is 16.3 Å². The molecule has 2 aromatic heterocycles. The van der Waals surface area contributed by atoms with Gasteiger partial charge in [-0.1, -0.05) is 23.7 Å². The van der Waals surface area contributed by atoms with Gasteiger partial charge in [-0.05, 0) is 25.0 Å². The van der Waals surface area contributed by atoms with Gasteiger partial charge in [-0.3, -0.25) is 14.6 Å². The summed E-state index contributed by atoms with van der Waals surface area (Å²) in [6.45, 7) is -0.0524. The highest BCUT2D eigenvalue weighted by molar-refractivity contribution is 6.31. The van der Waals surface area contributed by atoms with Crippen LogP contribution < -0.4 is 15.4 Å². The zero-order valence-electron chi connectivity index (χ0n) is 17.4. The van der Waals surface area contributed by atoms with Crippen LogP contribution in [0.2, 0.25) is 5.02 Å². The van der Waals surface area contributed by atoms with E-state index in [9.17, 15) is 22.8 Å². The van der Waals surface area contributed by atoms with Gasteiger partial charge in [0.1, 0.15) is 23.4 Å². The number of para-hydroxylation sites is 1. The fraction of sp³-hybridized carbons (Fsp3) is 0.227. The molecule has 0 spiro atoms. The second kappa shape index (κ2) is 9.26. The van der Waals surface area contributed by atoms with E-state index < -0.39 is 29.1 Å². The summed E-state index contributed by atoms with van der Waals surface area (Å²) in [7, 11) is 0. The van der Waals surface area contributed by atoms with E-state index in [0.29, 0.717) is 12.8 Å². The lowest BCUT2D eigenvalue weighted by Gasteiger charge is -2.17. The standard InChI is InChI=1S/C22H17ClF3N5O3/c23-16-7-14(34-18-4-2-1-3-15(18)22(24,25)26)10-29-17(16)11-30-20(33)21(5-6-21)31-19(32)13-8-27-12-28-9-13/h1-4,7-10,12H,5-6,11H2,(H,30,33)(H,31,32). The number of carbonyl (C=O) groups is 2. The molecular formula is C22H17ClF3N5O3. The molecule has 1 aliphatic rings. The maximum absolute atomic E-state index is 13.2. The monoisotopic (exact) mass is 491 g/mol. The Morgan fingerprint density at radius 3 is 2.47 bits per heavy atom. The third-order valence-electron chi connectivity index (χ3n) is 5.09. The number of pyridine rings is 1. The second-order valence-electron chi connectivity index (χ2n) is 7.54. The average Bonchev–Trinajstić information content (AvgIpc) is 3.59. The number of amides is 2. The molecule has 1 aromatic carbocycles. The van der Waals surface area contributed by atoms with Crippen LogP contribution in [0.5, 0.6) is 11.5 Å². The van der Waals surface area contributed by atoms with Gasteiger partial charge in [0.25, 0.3) is 5.91 Å². The smallest absolute Gasteiger partial charge is 0.419 e. The summed E-state index contributed by atoms with van der Waals surface area (Å²) in [4.78, 5) is 36.6. The van der Waals surface area contributed by atoms with E-state index in [-0.39, 0.29) is 34.3 Å². The van der Waals surface area contributed by atoms with Crippen LogP contribution in [0.15, 0.2) is 55.2 Å². The molecule has 34 heavy (non-hydrogen) atoms. The zero-order valence-corrected chi connectivity index (χ0v) is 18.2. The molecule has 2 amide bonds. The molecule has 176 valence electrons. The van der Waals surface area contributed by atoms with Gasteiger partial charge in [0.05, 0.1) is 34.6 Å². The molecule has 4 rings (SSSR count). The van der Waals surface area contributed by atoms with Crippen LogP contribution in [0.3, 0.4) is 0 Å². The minimum Gasteiger partial charge on any atom is -0.455 e. The lowest BCUT2D eigenvalue weighted by atomic mass is 10.2. The Bertz CT molecular complexity index is 1220. The molecule has 12 heteroatoms. The third-order valence-corrected chi connectivity index (χ3v) is 5.42. The number of alkyl halides is 3. The fourth-order valence-corrected chi connectivity index (χ4v) is 3.35. The summed E-state index contributed by atoms with van der Waals surface area (Å²) in [5, 5.41) is 5.46. The molecule has 0 saturated heterocycles. The highest BCUT2D eigenvalue weighted by Gasteiger charge is 2.51. The van der Waals surface area contributed by atoms with Crippen LogP contribution in [0.25, 0.3) is 0 Å². The van der Waals surface area contributed by atoms with Gasteiger partial charge in [0.15, 0.2) is 0 Å². The molecule has 1 fully saturated rings. The largest absolute Gasteiger partial charge is 0.455 e. The molecule has 0 aliphatic heterocycles. The summed E-state index contributed by atoms with van der Waals surface area (Å²) in [6, 6.07) is 6.09. The molecular weight excluding hydrogens is 475 g/mol. The lowest BCUT2D eigenvalue weighted by Crippen LogP contribution is -2.48. The first-order valence-corrected chi connectivity index (χ1v) is 10.4. The van der Waals surface area contributed by atoms with E-state index in [1.54, 1.807) is 0 Å². The Kier molecular flexibility index (Phi) is 6.38. The molecule has 0 radical (unpaired) electrons. The normalized spacial score (nSPS) is 14.2. The van der Waals surface area contributed by atoms with Crippen molar-refractivity contribution in [3.63, 3.8) is 0 Å². The van der Waals surface area contributed by atoms with Crippen molar-refractivity contribution in [1.29, 1.82) is 0 Å². The van der Waals surface area contributed by atoms with Gasteiger partial charge in [-0.25, -0.2) is 9.97 Å². The first-order chi connectivity index (χ1) is 16.2. The number of carbonyl (C=O) groups excluding carboxylic acids is 2. The Morgan fingerprint density at radius 1 is 1.12 bits per heavy atom. The second-order valence-corrected chi connectivity index (χ2v) is 7.95. The van der Waals surface area contributed by atoms with Crippen molar-refractivity contribution in [3.05, 3.63) is 77.1 Å². The van der Waals surface area contributed by atoms with Crippen LogP contribution in [0, 0.1) is 0 Å². The third kappa shape index (κ3) is 5.25. The van der Waals surface area contributed by atoms with Gasteiger partial charge < -0.3 is 15.4 Å². The topological polar surface area (TPSA) is 106 Å². The van der Waals surface area contributed by atoms with Crippen LogP contribution in [0.1, 0.15) is 34.5 Å². The molecule has 1 aliphatic carbocycles. The van der Waals surface area contributed by atoms with Crippen molar-refractivity contribution in [3.8, 4) is 11.5 Å². The van der Waals surface area contributed by atoms with E-state index in [1.165, 1.54) is 49.2 Å². The number of nitrogens with one attached hydrogen (secondary N) is 2. The highest BCUT2D eigenvalue weighted by Crippen LogP contribution is 2.38. The summed E-state index contributed by atoms with van der Waals surface area (Å²) in [5.74, 6) is -1.25. The first-order valence-electron chi connectivity index (χ1n) is 10.0. The fourth-order valence-electron chi connectivity index (χ4n) is 3.12. The van der Waals surface area contributed by atoms with Crippen molar-refractivity contribution < 1.29 is 27.5 Å². The molecule has 1 saturated carbocycles. The average molecular weight is 492 g/mol. The van der Waals surface area contributed by atoms with Crippen molar-refractivity contribution in [2.75, 3.05) is 0 Å². The summed E-state index contributed by atoms with van der Waals surface area (Å²) >= 11 is 6.20. The molecule has 2 N–H and O–H groups in total. The number of aromatic nitrogens is 3. The van der Waals surface area contributed by atoms with Gasteiger partial charge in [-0.2, -0.15) is 13.2 Å². The van der Waals surface area contributed by atoms with E-state index in [1.807, 2.05) is 0 Å².